The van der Waals surface area contributed by atoms with Crippen molar-refractivity contribution in [3.63, 3.8) is 0 Å². The molecule has 0 heterocycles. The Labute approximate surface area is 92.4 Å². The Bertz CT molecular complexity index is 309. The number of ether oxygens (including phenoxy) is 1. The Balaban J connectivity index is 2.59. The van der Waals surface area contributed by atoms with Gasteiger partial charge in [-0.2, -0.15) is 0 Å². The van der Waals surface area contributed by atoms with Gasteiger partial charge in [0.1, 0.15) is 5.75 Å². The van der Waals surface area contributed by atoms with Crippen molar-refractivity contribution < 1.29 is 4.74 Å². The van der Waals surface area contributed by atoms with Crippen molar-refractivity contribution in [1.29, 1.82) is 0 Å². The fourth-order valence-electron chi connectivity index (χ4n) is 1.63. The van der Waals surface area contributed by atoms with Crippen molar-refractivity contribution >= 4 is 0 Å². The highest BCUT2D eigenvalue weighted by molar-refractivity contribution is 5.36. The summed E-state index contributed by atoms with van der Waals surface area (Å²) in [5.74, 6) is 1.57. The molecule has 0 aliphatic heterocycles. The van der Waals surface area contributed by atoms with Gasteiger partial charge in [0, 0.05) is 0 Å². The molecule has 84 valence electrons. The molecule has 2 nitrogen and oxygen atoms in total. The van der Waals surface area contributed by atoms with E-state index in [1.165, 1.54) is 11.1 Å². The number of aryl methyl sites for hydroxylation is 2. The molecule has 1 atom stereocenters. The Morgan fingerprint density at radius 2 is 2.13 bits per heavy atom. The van der Waals surface area contributed by atoms with Crippen molar-refractivity contribution in [3.8, 4) is 5.75 Å². The van der Waals surface area contributed by atoms with Crippen LogP contribution < -0.4 is 10.5 Å². The third-order valence-corrected chi connectivity index (χ3v) is 2.79. The molecule has 1 unspecified atom stereocenters. The van der Waals surface area contributed by atoms with Gasteiger partial charge in [0.05, 0.1) is 7.11 Å². The molecule has 0 fully saturated rings. The highest BCUT2D eigenvalue weighted by Crippen LogP contribution is 2.19. The first kappa shape index (κ1) is 12.1. The van der Waals surface area contributed by atoms with E-state index >= 15 is 0 Å². The highest BCUT2D eigenvalue weighted by atomic mass is 16.5. The minimum Gasteiger partial charge on any atom is -0.496 e. The lowest BCUT2D eigenvalue weighted by Gasteiger charge is -2.10. The molecule has 0 saturated heterocycles. The SMILES string of the molecule is COc1ccc(CCC(C)CN)cc1C. The van der Waals surface area contributed by atoms with E-state index in [9.17, 15) is 0 Å². The third kappa shape index (κ3) is 3.56. The summed E-state index contributed by atoms with van der Waals surface area (Å²) in [5, 5.41) is 0. The van der Waals surface area contributed by atoms with E-state index in [2.05, 4.69) is 26.0 Å². The van der Waals surface area contributed by atoms with Gasteiger partial charge >= 0.3 is 0 Å². The van der Waals surface area contributed by atoms with Gasteiger partial charge in [-0.25, -0.2) is 0 Å². The zero-order chi connectivity index (χ0) is 11.3. The summed E-state index contributed by atoms with van der Waals surface area (Å²) >= 11 is 0. The fourth-order valence-corrected chi connectivity index (χ4v) is 1.63. The van der Waals surface area contributed by atoms with E-state index in [0.717, 1.165) is 25.1 Å². The lowest BCUT2D eigenvalue weighted by atomic mass is 10.00. The van der Waals surface area contributed by atoms with Gasteiger partial charge in [0.15, 0.2) is 0 Å². The van der Waals surface area contributed by atoms with Gasteiger partial charge in [-0.15, -0.1) is 0 Å². The zero-order valence-electron chi connectivity index (χ0n) is 9.92. The molecule has 0 bridgehead atoms. The van der Waals surface area contributed by atoms with Crippen LogP contribution in [-0.4, -0.2) is 13.7 Å². The molecule has 1 aromatic carbocycles. The second-order valence-corrected chi connectivity index (χ2v) is 4.18. The molecule has 2 N–H and O–H groups in total. The van der Waals surface area contributed by atoms with Gasteiger partial charge in [-0.1, -0.05) is 19.1 Å². The molecule has 1 aromatic rings. The topological polar surface area (TPSA) is 35.2 Å². The van der Waals surface area contributed by atoms with Crippen LogP contribution >= 0.6 is 0 Å². The Morgan fingerprint density at radius 3 is 2.67 bits per heavy atom. The molecule has 15 heavy (non-hydrogen) atoms. The maximum absolute atomic E-state index is 5.59. The van der Waals surface area contributed by atoms with E-state index in [4.69, 9.17) is 10.5 Å². The lowest BCUT2D eigenvalue weighted by molar-refractivity contribution is 0.411. The average molecular weight is 207 g/mol. The fraction of sp³-hybridized carbons (Fsp3) is 0.538. The minimum atomic E-state index is 0.604. The molecular weight excluding hydrogens is 186 g/mol. The standard InChI is InChI=1S/C13H21NO/c1-10(9-14)4-5-12-6-7-13(15-3)11(2)8-12/h6-8,10H,4-5,9,14H2,1-3H3. The van der Waals surface area contributed by atoms with Gasteiger partial charge in [-0.3, -0.25) is 0 Å². The normalized spacial score (nSPS) is 12.5. The van der Waals surface area contributed by atoms with Gasteiger partial charge < -0.3 is 10.5 Å². The minimum absolute atomic E-state index is 0.604. The summed E-state index contributed by atoms with van der Waals surface area (Å²) in [6.07, 6.45) is 2.26. The quantitative estimate of drug-likeness (QED) is 0.805. The number of hydrogen-bond donors (Lipinski definition) is 1. The molecule has 2 heteroatoms. The van der Waals surface area contributed by atoms with E-state index in [-0.39, 0.29) is 0 Å². The van der Waals surface area contributed by atoms with Crippen LogP contribution in [0.1, 0.15) is 24.5 Å². The van der Waals surface area contributed by atoms with Crippen LogP contribution in [0.2, 0.25) is 0 Å². The van der Waals surface area contributed by atoms with E-state index in [0.29, 0.717) is 5.92 Å². The predicted octanol–water partition coefficient (Wildman–Crippen LogP) is 2.53. The number of methoxy groups -OCH3 is 1. The lowest BCUT2D eigenvalue weighted by Crippen LogP contribution is -2.11. The van der Waals surface area contributed by atoms with Gasteiger partial charge in [-0.05, 0) is 49.4 Å². The summed E-state index contributed by atoms with van der Waals surface area (Å²) in [4.78, 5) is 0. The number of nitrogens with two attached hydrogens (primary N) is 1. The van der Waals surface area contributed by atoms with E-state index in [1.54, 1.807) is 7.11 Å². The van der Waals surface area contributed by atoms with Crippen molar-refractivity contribution in [3.05, 3.63) is 29.3 Å². The zero-order valence-corrected chi connectivity index (χ0v) is 9.92. The summed E-state index contributed by atoms with van der Waals surface area (Å²) in [7, 11) is 1.71. The highest BCUT2D eigenvalue weighted by Gasteiger charge is 2.02. The second kappa shape index (κ2) is 5.76. The number of rotatable bonds is 5. The molecule has 0 saturated carbocycles. The molecule has 0 aromatic heterocycles. The second-order valence-electron chi connectivity index (χ2n) is 4.18. The van der Waals surface area contributed by atoms with Crippen LogP contribution in [0.3, 0.4) is 0 Å². The Kier molecular flexibility index (Phi) is 4.63. The summed E-state index contributed by atoms with van der Waals surface area (Å²) in [5.41, 5.74) is 8.16. The molecule has 0 aliphatic carbocycles. The summed E-state index contributed by atoms with van der Waals surface area (Å²) in [6.45, 7) is 5.04. The van der Waals surface area contributed by atoms with Crippen molar-refractivity contribution in [2.24, 2.45) is 11.7 Å². The smallest absolute Gasteiger partial charge is 0.121 e. The van der Waals surface area contributed by atoms with E-state index in [1.807, 2.05) is 6.07 Å². The van der Waals surface area contributed by atoms with Crippen molar-refractivity contribution in [2.45, 2.75) is 26.7 Å². The molecule has 0 spiro atoms. The van der Waals surface area contributed by atoms with Crippen molar-refractivity contribution in [2.75, 3.05) is 13.7 Å². The monoisotopic (exact) mass is 207 g/mol. The van der Waals surface area contributed by atoms with Crippen LogP contribution in [0, 0.1) is 12.8 Å². The van der Waals surface area contributed by atoms with Gasteiger partial charge in [0.25, 0.3) is 0 Å². The first-order valence-electron chi connectivity index (χ1n) is 5.51. The Hall–Kier alpha value is -1.02. The first-order valence-corrected chi connectivity index (χ1v) is 5.51. The van der Waals surface area contributed by atoms with Gasteiger partial charge in [0.2, 0.25) is 0 Å². The molecule has 0 radical (unpaired) electrons. The maximum Gasteiger partial charge on any atom is 0.121 e. The summed E-state index contributed by atoms with van der Waals surface area (Å²) < 4.78 is 5.23. The number of hydrogen-bond acceptors (Lipinski definition) is 2. The summed E-state index contributed by atoms with van der Waals surface area (Å²) in [6, 6.07) is 6.37. The molecule has 0 amide bonds. The number of benzene rings is 1. The maximum atomic E-state index is 5.59. The predicted molar refractivity (Wildman–Crippen MR) is 64.3 cm³/mol. The van der Waals surface area contributed by atoms with Crippen LogP contribution in [0.25, 0.3) is 0 Å². The third-order valence-electron chi connectivity index (χ3n) is 2.79. The van der Waals surface area contributed by atoms with Crippen LogP contribution in [0.15, 0.2) is 18.2 Å². The average Bonchev–Trinajstić information content (AvgIpc) is 2.26. The molecule has 1 rings (SSSR count). The van der Waals surface area contributed by atoms with E-state index < -0.39 is 0 Å². The van der Waals surface area contributed by atoms with Crippen LogP contribution in [0.4, 0.5) is 0 Å². The van der Waals surface area contributed by atoms with Crippen molar-refractivity contribution in [1.82, 2.24) is 0 Å². The first-order chi connectivity index (χ1) is 7.17. The largest absolute Gasteiger partial charge is 0.496 e. The molecular formula is C13H21NO. The van der Waals surface area contributed by atoms with Crippen LogP contribution in [-0.2, 0) is 6.42 Å². The Morgan fingerprint density at radius 1 is 1.40 bits per heavy atom. The van der Waals surface area contributed by atoms with Crippen LogP contribution in [0.5, 0.6) is 5.75 Å². The molecule has 0 aliphatic rings.